The summed E-state index contributed by atoms with van der Waals surface area (Å²) in [6.45, 7) is 3.95. The van der Waals surface area contributed by atoms with Crippen LogP contribution in [0.3, 0.4) is 0 Å². The second-order valence-electron chi connectivity index (χ2n) is 7.90. The van der Waals surface area contributed by atoms with E-state index in [0.717, 1.165) is 45.6 Å². The Kier molecular flexibility index (Phi) is 14.5. The molecular weight excluding hydrogens is 614 g/mol. The van der Waals surface area contributed by atoms with E-state index in [1.165, 1.54) is 0 Å². The molecule has 0 atom stereocenters. The largest absolute Gasteiger partial charge is 0.255 e. The first-order valence-electron chi connectivity index (χ1n) is 11.8. The SMILES string of the molecule is CC(=Nc1ccccc1)c1cccc(C(C)=Nc2ccccc2)n1.[Cl-].[Cl][Ru+].c1ccc(-c2ccccn2)nc1. The van der Waals surface area contributed by atoms with Gasteiger partial charge >= 0.3 is 27.0 Å². The zero-order valence-corrected chi connectivity index (χ0v) is 24.7. The fourth-order valence-corrected chi connectivity index (χ4v) is 3.37. The Morgan fingerprint density at radius 1 is 0.538 bits per heavy atom. The van der Waals surface area contributed by atoms with Crippen LogP contribution in [-0.2, 0) is 17.3 Å². The van der Waals surface area contributed by atoms with Gasteiger partial charge in [0.2, 0.25) is 0 Å². The molecule has 0 saturated heterocycles. The average Bonchev–Trinajstić information content (AvgIpc) is 3.00. The average molecular weight is 642 g/mol. The maximum absolute atomic E-state index is 4.70. The van der Waals surface area contributed by atoms with E-state index in [9.17, 15) is 0 Å². The molecule has 5 rings (SSSR count). The van der Waals surface area contributed by atoms with E-state index >= 15 is 0 Å². The quantitative estimate of drug-likeness (QED) is 0.196. The van der Waals surface area contributed by atoms with Crippen molar-refractivity contribution in [1.29, 1.82) is 0 Å². The van der Waals surface area contributed by atoms with E-state index in [-0.39, 0.29) is 12.4 Å². The molecule has 8 heteroatoms. The van der Waals surface area contributed by atoms with Gasteiger partial charge in [-0.2, -0.15) is 0 Å². The number of rotatable bonds is 5. The van der Waals surface area contributed by atoms with Crippen LogP contribution >= 0.6 is 9.69 Å². The van der Waals surface area contributed by atoms with Crippen molar-refractivity contribution >= 4 is 32.5 Å². The Morgan fingerprint density at radius 2 is 0.923 bits per heavy atom. The Labute approximate surface area is 250 Å². The van der Waals surface area contributed by atoms with Crippen molar-refractivity contribution in [2.45, 2.75) is 13.8 Å². The molecule has 0 aliphatic heterocycles. The number of benzene rings is 2. The summed E-state index contributed by atoms with van der Waals surface area (Å²) in [7, 11) is 4.57. The summed E-state index contributed by atoms with van der Waals surface area (Å²) in [5.74, 6) is 0. The first kappa shape index (κ1) is 31.6. The minimum Gasteiger partial charge on any atom is -0.255 e. The van der Waals surface area contributed by atoms with Crippen molar-refractivity contribution in [2.75, 3.05) is 0 Å². The molecule has 3 aromatic heterocycles. The van der Waals surface area contributed by atoms with Crippen molar-refractivity contribution < 1.29 is 29.7 Å². The van der Waals surface area contributed by atoms with Gasteiger partial charge in [0.05, 0.1) is 45.6 Å². The summed E-state index contributed by atoms with van der Waals surface area (Å²) < 4.78 is 0. The topological polar surface area (TPSA) is 63.4 Å². The zero-order valence-electron chi connectivity index (χ0n) is 21.5. The van der Waals surface area contributed by atoms with Gasteiger partial charge in [-0.3, -0.25) is 20.0 Å². The minimum atomic E-state index is 0. The van der Waals surface area contributed by atoms with Crippen LogP contribution in [-0.4, -0.2) is 26.4 Å². The van der Waals surface area contributed by atoms with Crippen LogP contribution in [0.15, 0.2) is 138 Å². The zero-order chi connectivity index (χ0) is 27.0. The van der Waals surface area contributed by atoms with E-state index in [1.807, 2.05) is 146 Å². The molecule has 198 valence electrons. The standard InChI is InChI=1S/C21H19N3.C10H8N2.2ClH.Ru/c1-16(22-18-10-5-3-6-11-18)20-14-9-15-21(24-20)17(2)23-19-12-7-4-8-13-19;1-3-7-11-9(5-1)10-6-2-4-8-12-10;;;/h3-15H,1-2H3;1-8H;2*1H;/q;;;;+2/p-2. The third-order valence-corrected chi connectivity index (χ3v) is 5.19. The van der Waals surface area contributed by atoms with Gasteiger partial charge in [0.15, 0.2) is 0 Å². The van der Waals surface area contributed by atoms with Crippen molar-refractivity contribution in [1.82, 2.24) is 15.0 Å². The van der Waals surface area contributed by atoms with Crippen molar-refractivity contribution in [2.24, 2.45) is 9.98 Å². The minimum absolute atomic E-state index is 0. The monoisotopic (exact) mass is 641 g/mol. The summed E-state index contributed by atoms with van der Waals surface area (Å²) in [5, 5.41) is 0. The molecule has 5 nitrogen and oxygen atoms in total. The maximum atomic E-state index is 4.70. The molecule has 0 amide bonds. The predicted molar refractivity (Wildman–Crippen MR) is 154 cm³/mol. The van der Waals surface area contributed by atoms with E-state index in [1.54, 1.807) is 12.4 Å². The summed E-state index contributed by atoms with van der Waals surface area (Å²) in [6.07, 6.45) is 3.54. The normalized spacial score (nSPS) is 10.7. The molecule has 0 fully saturated rings. The molecular formula is C31H27Cl2N5Ru. The Balaban J connectivity index is 0.000000299. The van der Waals surface area contributed by atoms with Crippen LogP contribution in [0.2, 0.25) is 0 Å². The number of hydrogen-bond donors (Lipinski definition) is 0. The summed E-state index contributed by atoms with van der Waals surface area (Å²) in [6, 6.07) is 37.3. The number of nitrogens with zero attached hydrogens (tertiary/aromatic N) is 5. The molecule has 3 heterocycles. The maximum Gasteiger partial charge on any atom is 0.0886 e. The molecule has 39 heavy (non-hydrogen) atoms. The molecule has 0 N–H and O–H groups in total. The molecule has 0 aliphatic rings. The molecule has 0 aliphatic carbocycles. The van der Waals surface area contributed by atoms with Crippen molar-refractivity contribution in [3.8, 4) is 11.4 Å². The number of hydrogen-bond acceptors (Lipinski definition) is 5. The summed E-state index contributed by atoms with van der Waals surface area (Å²) in [5.41, 5.74) is 7.18. The van der Waals surface area contributed by atoms with Crippen LogP contribution in [0, 0.1) is 0 Å². The van der Waals surface area contributed by atoms with Crippen LogP contribution in [0.5, 0.6) is 0 Å². The van der Waals surface area contributed by atoms with Gasteiger partial charge in [-0.1, -0.05) is 54.6 Å². The second-order valence-corrected chi connectivity index (χ2v) is 7.90. The van der Waals surface area contributed by atoms with Crippen LogP contribution < -0.4 is 12.4 Å². The first-order chi connectivity index (χ1) is 18.7. The molecule has 2 aromatic carbocycles. The number of aliphatic imine (C=N–C) groups is 2. The van der Waals surface area contributed by atoms with Crippen molar-refractivity contribution in [3.05, 3.63) is 139 Å². The van der Waals surface area contributed by atoms with Gasteiger partial charge in [-0.15, -0.1) is 0 Å². The molecule has 0 spiro atoms. The molecule has 0 radical (unpaired) electrons. The Morgan fingerprint density at radius 3 is 1.28 bits per heavy atom. The van der Waals surface area contributed by atoms with Gasteiger partial charge < -0.3 is 12.4 Å². The fourth-order valence-electron chi connectivity index (χ4n) is 3.37. The van der Waals surface area contributed by atoms with E-state index in [2.05, 4.69) is 29.6 Å². The van der Waals surface area contributed by atoms with Gasteiger partial charge in [0, 0.05) is 12.4 Å². The van der Waals surface area contributed by atoms with Gasteiger partial charge in [-0.05, 0) is 74.5 Å². The number of para-hydroxylation sites is 2. The van der Waals surface area contributed by atoms with Gasteiger partial charge in [0.1, 0.15) is 0 Å². The number of aromatic nitrogens is 3. The molecule has 0 saturated carbocycles. The fraction of sp³-hybridized carbons (Fsp3) is 0.0645. The summed E-state index contributed by atoms with van der Waals surface area (Å²) in [4.78, 5) is 22.3. The van der Waals surface area contributed by atoms with E-state index in [4.69, 9.17) is 4.98 Å². The van der Waals surface area contributed by atoms with E-state index in [0.29, 0.717) is 0 Å². The van der Waals surface area contributed by atoms with Crippen LogP contribution in [0.1, 0.15) is 25.2 Å². The number of pyridine rings is 3. The third-order valence-electron chi connectivity index (χ3n) is 5.19. The predicted octanol–water partition coefficient (Wildman–Crippen LogP) is 5.20. The Bertz CT molecular complexity index is 1330. The van der Waals surface area contributed by atoms with Crippen molar-refractivity contribution in [3.63, 3.8) is 0 Å². The van der Waals surface area contributed by atoms with Gasteiger partial charge in [-0.25, -0.2) is 4.98 Å². The Hall–Kier alpha value is -3.57. The molecule has 0 bridgehead atoms. The molecule has 0 unspecified atom stereocenters. The van der Waals surface area contributed by atoms with Crippen LogP contribution in [0.4, 0.5) is 11.4 Å². The molecule has 5 aromatic rings. The van der Waals surface area contributed by atoms with Crippen LogP contribution in [0.25, 0.3) is 11.4 Å². The number of halogens is 2. The van der Waals surface area contributed by atoms with E-state index < -0.39 is 0 Å². The smallest absolute Gasteiger partial charge is 0.0886 e. The summed E-state index contributed by atoms with van der Waals surface area (Å²) >= 11 is 1.82. The first-order valence-corrected chi connectivity index (χ1v) is 14.1. The second kappa shape index (κ2) is 17.9. The third kappa shape index (κ3) is 10.6. The van der Waals surface area contributed by atoms with Gasteiger partial charge in [0.25, 0.3) is 0 Å².